The zero-order valence-corrected chi connectivity index (χ0v) is 19.0. The van der Waals surface area contributed by atoms with Gasteiger partial charge in [-0.2, -0.15) is 10.0 Å². The first-order valence-electron chi connectivity index (χ1n) is 9.63. The molecule has 33 heavy (non-hydrogen) atoms. The SMILES string of the molecule is CC(C)CS(=O)(=O)C1=NN2C(=N)/C(=C\c3ccc(-c4ccc([N+](=O)[O-])cc4)o3)C(=O)N=C2S1. The van der Waals surface area contributed by atoms with E-state index in [9.17, 15) is 23.3 Å². The Morgan fingerprint density at radius 3 is 2.58 bits per heavy atom. The molecule has 1 aromatic heterocycles. The minimum absolute atomic E-state index is 0.00972. The van der Waals surface area contributed by atoms with E-state index >= 15 is 0 Å². The van der Waals surface area contributed by atoms with Crippen molar-refractivity contribution in [2.24, 2.45) is 16.0 Å². The number of sulfone groups is 1. The molecule has 2 aromatic rings. The summed E-state index contributed by atoms with van der Waals surface area (Å²) in [7, 11) is -3.67. The molecular weight excluding hydrogens is 470 g/mol. The van der Waals surface area contributed by atoms with Crippen LogP contribution < -0.4 is 0 Å². The predicted octanol–water partition coefficient (Wildman–Crippen LogP) is 3.50. The number of nitro groups is 1. The van der Waals surface area contributed by atoms with E-state index in [2.05, 4.69) is 10.1 Å². The number of amidine groups is 2. The average molecular weight is 488 g/mol. The minimum Gasteiger partial charge on any atom is -0.457 e. The van der Waals surface area contributed by atoms with Crippen LogP contribution in [0.2, 0.25) is 0 Å². The molecule has 0 saturated heterocycles. The van der Waals surface area contributed by atoms with Gasteiger partial charge in [-0.25, -0.2) is 8.42 Å². The van der Waals surface area contributed by atoms with Crippen molar-refractivity contribution >= 4 is 54.6 Å². The van der Waals surface area contributed by atoms with Gasteiger partial charge in [0.2, 0.25) is 19.4 Å². The molecule has 1 aromatic carbocycles. The zero-order chi connectivity index (χ0) is 23.9. The van der Waals surface area contributed by atoms with Gasteiger partial charge in [0.1, 0.15) is 11.5 Å². The molecule has 4 rings (SSSR count). The Hall–Kier alpha value is -3.58. The van der Waals surface area contributed by atoms with Crippen LogP contribution in [0.15, 0.2) is 56.5 Å². The van der Waals surface area contributed by atoms with E-state index in [1.54, 1.807) is 26.0 Å². The molecule has 1 N–H and O–H groups in total. The summed E-state index contributed by atoms with van der Waals surface area (Å²) in [5, 5.41) is 24.2. The quantitative estimate of drug-likeness (QED) is 0.381. The normalized spacial score (nSPS) is 17.4. The Bertz CT molecular complexity index is 1370. The number of thioether (sulfide) groups is 1. The Balaban J connectivity index is 1.60. The lowest BCUT2D eigenvalue weighted by molar-refractivity contribution is -0.384. The van der Waals surface area contributed by atoms with Crippen molar-refractivity contribution in [2.45, 2.75) is 13.8 Å². The lowest BCUT2D eigenvalue weighted by Gasteiger charge is -2.19. The molecule has 0 aliphatic carbocycles. The summed E-state index contributed by atoms with van der Waals surface area (Å²) >= 11 is 0.742. The molecule has 13 heteroatoms. The highest BCUT2D eigenvalue weighted by Gasteiger charge is 2.40. The van der Waals surface area contributed by atoms with Crippen LogP contribution in [-0.2, 0) is 14.6 Å². The number of carbonyl (C=O) groups is 1. The highest BCUT2D eigenvalue weighted by Crippen LogP contribution is 2.32. The summed E-state index contributed by atoms with van der Waals surface area (Å²) in [5.41, 5.74) is 0.424. The van der Waals surface area contributed by atoms with Crippen LogP contribution in [0.3, 0.4) is 0 Å². The molecule has 0 spiro atoms. The third kappa shape index (κ3) is 4.50. The molecule has 0 unspecified atom stereocenters. The Morgan fingerprint density at radius 2 is 1.94 bits per heavy atom. The molecule has 2 aliphatic rings. The maximum Gasteiger partial charge on any atom is 0.283 e. The number of amides is 1. The Labute approximate surface area is 192 Å². The molecular formula is C20H17N5O6S2. The van der Waals surface area contributed by atoms with Crippen molar-refractivity contribution in [3.8, 4) is 11.3 Å². The van der Waals surface area contributed by atoms with Crippen molar-refractivity contribution in [3.05, 3.63) is 57.8 Å². The summed E-state index contributed by atoms with van der Waals surface area (Å²) in [5.74, 6) is -0.600. The lowest BCUT2D eigenvalue weighted by Crippen LogP contribution is -2.35. The first-order valence-corrected chi connectivity index (χ1v) is 12.1. The fourth-order valence-corrected chi connectivity index (χ4v) is 5.87. The van der Waals surface area contributed by atoms with Crippen LogP contribution in [0.5, 0.6) is 0 Å². The molecule has 0 saturated carbocycles. The van der Waals surface area contributed by atoms with E-state index in [0.717, 1.165) is 16.8 Å². The Kier molecular flexibility index (Phi) is 5.76. The lowest BCUT2D eigenvalue weighted by atomic mass is 10.1. The van der Waals surface area contributed by atoms with Gasteiger partial charge in [0.25, 0.3) is 11.6 Å². The van der Waals surface area contributed by atoms with E-state index in [0.29, 0.717) is 11.3 Å². The van der Waals surface area contributed by atoms with Crippen molar-refractivity contribution in [3.63, 3.8) is 0 Å². The summed E-state index contributed by atoms with van der Waals surface area (Å²) in [4.78, 5) is 26.7. The van der Waals surface area contributed by atoms with E-state index in [4.69, 9.17) is 9.83 Å². The number of furan rings is 1. The van der Waals surface area contributed by atoms with Gasteiger partial charge in [0.15, 0.2) is 5.84 Å². The molecule has 0 fully saturated rings. The number of fused-ring (bicyclic) bond motifs is 1. The predicted molar refractivity (Wildman–Crippen MR) is 124 cm³/mol. The molecule has 11 nitrogen and oxygen atoms in total. The van der Waals surface area contributed by atoms with Crippen LogP contribution in [0, 0.1) is 21.4 Å². The highest BCUT2D eigenvalue weighted by molar-refractivity contribution is 8.42. The second kappa shape index (κ2) is 8.41. The average Bonchev–Trinajstić information content (AvgIpc) is 3.38. The first kappa shape index (κ1) is 22.6. The topological polar surface area (TPSA) is 159 Å². The molecule has 0 radical (unpaired) electrons. The molecule has 1 amide bonds. The van der Waals surface area contributed by atoms with Crippen LogP contribution in [-0.4, -0.2) is 45.4 Å². The largest absolute Gasteiger partial charge is 0.457 e. The number of hydrazone groups is 1. The van der Waals surface area contributed by atoms with E-state index in [1.165, 1.54) is 30.3 Å². The Morgan fingerprint density at radius 1 is 1.24 bits per heavy atom. The van der Waals surface area contributed by atoms with E-state index in [-0.39, 0.29) is 44.1 Å². The number of non-ortho nitro benzene ring substituents is 1. The molecule has 3 heterocycles. The maximum absolute atomic E-state index is 12.5. The second-order valence-electron chi connectivity index (χ2n) is 7.57. The number of nitro benzene ring substituents is 1. The fourth-order valence-electron chi connectivity index (χ4n) is 3.09. The number of hydrogen-bond acceptors (Lipinski definition) is 9. The molecule has 0 atom stereocenters. The van der Waals surface area contributed by atoms with E-state index in [1.807, 2.05) is 0 Å². The highest BCUT2D eigenvalue weighted by atomic mass is 32.3. The molecule has 0 bridgehead atoms. The van der Waals surface area contributed by atoms with Gasteiger partial charge in [0.05, 0.1) is 16.2 Å². The van der Waals surface area contributed by atoms with Gasteiger partial charge in [-0.15, -0.1) is 5.10 Å². The first-order chi connectivity index (χ1) is 15.5. The summed E-state index contributed by atoms with van der Waals surface area (Å²) in [6, 6.07) is 8.96. The van der Waals surface area contributed by atoms with Gasteiger partial charge >= 0.3 is 0 Å². The van der Waals surface area contributed by atoms with Crippen LogP contribution in [0.4, 0.5) is 5.69 Å². The number of rotatable bonds is 5. The van der Waals surface area contributed by atoms with Crippen LogP contribution in [0.1, 0.15) is 19.6 Å². The summed E-state index contributed by atoms with van der Waals surface area (Å²) in [6.45, 7) is 3.53. The number of carbonyl (C=O) groups excluding carboxylic acids is 1. The van der Waals surface area contributed by atoms with Gasteiger partial charge in [-0.05, 0) is 48.0 Å². The number of nitrogens with zero attached hydrogens (tertiary/aromatic N) is 4. The molecule has 170 valence electrons. The zero-order valence-electron chi connectivity index (χ0n) is 17.4. The van der Waals surface area contributed by atoms with Crippen molar-refractivity contribution < 1.29 is 22.6 Å². The van der Waals surface area contributed by atoms with E-state index < -0.39 is 20.7 Å². The second-order valence-corrected chi connectivity index (χ2v) is 10.7. The molecule has 2 aliphatic heterocycles. The van der Waals surface area contributed by atoms with Gasteiger partial charge in [0, 0.05) is 17.7 Å². The number of aliphatic imine (C=N–C) groups is 1. The summed E-state index contributed by atoms with van der Waals surface area (Å²) < 4.78 is 30.5. The smallest absolute Gasteiger partial charge is 0.283 e. The van der Waals surface area contributed by atoms with Gasteiger partial charge in [-0.1, -0.05) is 13.8 Å². The maximum atomic E-state index is 12.5. The summed E-state index contributed by atoms with van der Waals surface area (Å²) in [6.07, 6.45) is 1.32. The van der Waals surface area contributed by atoms with Crippen LogP contribution >= 0.6 is 11.8 Å². The van der Waals surface area contributed by atoms with Gasteiger partial charge < -0.3 is 4.42 Å². The van der Waals surface area contributed by atoms with Crippen molar-refractivity contribution in [1.82, 2.24) is 5.01 Å². The fraction of sp³-hybridized carbons (Fsp3) is 0.200. The van der Waals surface area contributed by atoms with Crippen LogP contribution in [0.25, 0.3) is 17.4 Å². The number of nitrogens with one attached hydrogen (secondary N) is 1. The third-order valence-electron chi connectivity index (χ3n) is 4.53. The minimum atomic E-state index is -3.67. The van der Waals surface area contributed by atoms with Crippen molar-refractivity contribution in [1.29, 1.82) is 5.41 Å². The third-order valence-corrected chi connectivity index (χ3v) is 7.96. The monoisotopic (exact) mass is 487 g/mol. The standard InChI is InChI=1S/C20H17N5O6S2/c1-11(2)10-33(29,30)20-23-24-17(21)15(18(26)22-19(24)32-20)9-14-7-8-16(31-14)12-3-5-13(6-4-12)25(27)28/h3-9,11,21H,10H2,1-2H3/b15-9+,21-17?. The van der Waals surface area contributed by atoms with Crippen molar-refractivity contribution in [2.75, 3.05) is 5.75 Å². The number of benzene rings is 1. The van der Waals surface area contributed by atoms with Gasteiger partial charge in [-0.3, -0.25) is 20.3 Å². The number of hydrogen-bond donors (Lipinski definition) is 1.